The van der Waals surface area contributed by atoms with E-state index < -0.39 is 10.8 Å². The number of para-hydroxylation sites is 2. The summed E-state index contributed by atoms with van der Waals surface area (Å²) in [4.78, 5) is 15.8. The Bertz CT molecular complexity index is 687. The van der Waals surface area contributed by atoms with E-state index in [1.165, 1.54) is 0 Å². The van der Waals surface area contributed by atoms with Crippen molar-refractivity contribution in [2.75, 3.05) is 4.90 Å². The molecule has 2 aromatic rings. The van der Waals surface area contributed by atoms with E-state index in [0.717, 1.165) is 34.0 Å². The number of nitrogens with zero attached hydrogens (tertiary/aromatic N) is 1. The van der Waals surface area contributed by atoms with Crippen LogP contribution in [0.15, 0.2) is 58.3 Å². The van der Waals surface area contributed by atoms with Crippen molar-refractivity contribution in [3.8, 4) is 0 Å². The Morgan fingerprint density at radius 2 is 1.45 bits per heavy atom. The van der Waals surface area contributed by atoms with Crippen LogP contribution < -0.4 is 4.90 Å². The van der Waals surface area contributed by atoms with Gasteiger partial charge in [-0.15, -0.1) is 0 Å². The van der Waals surface area contributed by atoms with E-state index in [1.54, 1.807) is 4.90 Å². The van der Waals surface area contributed by atoms with Gasteiger partial charge >= 0.3 is 0 Å². The van der Waals surface area contributed by atoms with Crippen molar-refractivity contribution in [3.05, 3.63) is 48.5 Å². The first-order chi connectivity index (χ1) is 9.77. The van der Waals surface area contributed by atoms with Crippen molar-refractivity contribution in [3.63, 3.8) is 0 Å². The van der Waals surface area contributed by atoms with Gasteiger partial charge in [0.05, 0.1) is 32.0 Å². The minimum Gasteiger partial charge on any atom is -0.278 e. The van der Waals surface area contributed by atoms with E-state index >= 15 is 0 Å². The second kappa shape index (κ2) is 4.28. The molecule has 0 saturated heterocycles. The second-order valence-corrected chi connectivity index (χ2v) is 6.57. The Morgan fingerprint density at radius 3 is 1.95 bits per heavy atom. The average Bonchev–Trinajstić information content (AvgIpc) is 3.32. The molecule has 4 rings (SSSR count). The Morgan fingerprint density at radius 1 is 0.950 bits per heavy atom. The van der Waals surface area contributed by atoms with E-state index in [9.17, 15) is 9.00 Å². The summed E-state index contributed by atoms with van der Waals surface area (Å²) in [6.45, 7) is 0. The molecule has 0 unspecified atom stereocenters. The van der Waals surface area contributed by atoms with Crippen molar-refractivity contribution in [1.82, 2.24) is 0 Å². The molecule has 2 aromatic carbocycles. The fourth-order valence-electron chi connectivity index (χ4n) is 2.60. The molecule has 2 aliphatic rings. The highest BCUT2D eigenvalue weighted by Crippen LogP contribution is 2.44. The summed E-state index contributed by atoms with van der Waals surface area (Å²) >= 11 is 0. The lowest BCUT2D eigenvalue weighted by molar-refractivity contribution is -0.119. The van der Waals surface area contributed by atoms with E-state index in [2.05, 4.69) is 0 Å². The van der Waals surface area contributed by atoms with Crippen molar-refractivity contribution >= 4 is 28.1 Å². The minimum absolute atomic E-state index is 0.126. The van der Waals surface area contributed by atoms with Gasteiger partial charge in [-0.05, 0) is 37.1 Å². The zero-order valence-electron chi connectivity index (χ0n) is 10.8. The molecule has 4 heteroatoms. The summed E-state index contributed by atoms with van der Waals surface area (Å²) in [5, 5.41) is 0. The summed E-state index contributed by atoms with van der Waals surface area (Å²) in [7, 11) is -1.21. The molecule has 0 spiro atoms. The summed E-state index contributed by atoms with van der Waals surface area (Å²) in [6, 6.07) is 14.9. The van der Waals surface area contributed by atoms with Crippen molar-refractivity contribution in [2.24, 2.45) is 5.92 Å². The highest BCUT2D eigenvalue weighted by Gasteiger charge is 2.39. The molecule has 0 bridgehead atoms. The normalized spacial score (nSPS) is 17.5. The van der Waals surface area contributed by atoms with Gasteiger partial charge < -0.3 is 0 Å². The van der Waals surface area contributed by atoms with Gasteiger partial charge in [-0.1, -0.05) is 24.3 Å². The molecule has 1 heterocycles. The van der Waals surface area contributed by atoms with E-state index in [-0.39, 0.29) is 11.8 Å². The van der Waals surface area contributed by atoms with Gasteiger partial charge in [-0.25, -0.2) is 4.21 Å². The summed E-state index contributed by atoms with van der Waals surface area (Å²) in [5.74, 6) is 0.254. The lowest BCUT2D eigenvalue weighted by Gasteiger charge is -2.31. The van der Waals surface area contributed by atoms with Crippen LogP contribution in [-0.4, -0.2) is 10.1 Å². The second-order valence-electron chi connectivity index (χ2n) is 5.15. The highest BCUT2D eigenvalue weighted by atomic mass is 32.2. The minimum atomic E-state index is -1.21. The topological polar surface area (TPSA) is 37.4 Å². The van der Waals surface area contributed by atoms with Crippen LogP contribution in [0, 0.1) is 5.92 Å². The molecular formula is C16H13NO2S. The maximum absolute atomic E-state index is 12.6. The average molecular weight is 283 g/mol. The number of hydrogen-bond acceptors (Lipinski definition) is 2. The van der Waals surface area contributed by atoms with E-state index in [0.29, 0.717) is 0 Å². The zero-order chi connectivity index (χ0) is 13.7. The quantitative estimate of drug-likeness (QED) is 0.805. The molecular weight excluding hydrogens is 270 g/mol. The maximum atomic E-state index is 12.6. The third-order valence-electron chi connectivity index (χ3n) is 3.76. The lowest BCUT2D eigenvalue weighted by Crippen LogP contribution is -2.31. The number of benzene rings is 2. The number of hydrogen-bond donors (Lipinski definition) is 0. The molecule has 0 aromatic heterocycles. The molecule has 0 atom stereocenters. The van der Waals surface area contributed by atoms with Gasteiger partial charge in [0.1, 0.15) is 0 Å². The lowest BCUT2D eigenvalue weighted by atomic mass is 10.2. The Kier molecular flexibility index (Phi) is 2.54. The van der Waals surface area contributed by atoms with Crippen LogP contribution in [0.2, 0.25) is 0 Å². The monoisotopic (exact) mass is 283 g/mol. The number of rotatable bonds is 1. The van der Waals surface area contributed by atoms with Crippen LogP contribution in [-0.2, 0) is 15.6 Å². The molecule has 1 saturated carbocycles. The van der Waals surface area contributed by atoms with Crippen molar-refractivity contribution in [2.45, 2.75) is 22.6 Å². The highest BCUT2D eigenvalue weighted by molar-refractivity contribution is 7.85. The van der Waals surface area contributed by atoms with Crippen LogP contribution in [0.5, 0.6) is 0 Å². The van der Waals surface area contributed by atoms with Gasteiger partial charge in [-0.2, -0.15) is 0 Å². The molecule has 1 amide bonds. The first-order valence-corrected chi connectivity index (χ1v) is 7.86. The summed E-state index contributed by atoms with van der Waals surface area (Å²) < 4.78 is 12.6. The van der Waals surface area contributed by atoms with Gasteiger partial charge in [0.15, 0.2) is 0 Å². The smallest absolute Gasteiger partial charge is 0.234 e. The first-order valence-electron chi connectivity index (χ1n) is 6.71. The van der Waals surface area contributed by atoms with Crippen molar-refractivity contribution in [1.29, 1.82) is 0 Å². The standard InChI is InChI=1S/C16H13NO2S/c18-16(11-9-10-11)17-12-5-1-3-7-14(12)20(19)15-8-4-2-6-13(15)17/h1-8,11H,9-10H2. The van der Waals surface area contributed by atoms with Gasteiger partial charge in [0.2, 0.25) is 5.91 Å². The number of amides is 1. The number of anilines is 2. The molecule has 100 valence electrons. The number of carbonyl (C=O) groups is 1. The third kappa shape index (κ3) is 1.64. The van der Waals surface area contributed by atoms with E-state index in [1.807, 2.05) is 48.5 Å². The molecule has 20 heavy (non-hydrogen) atoms. The van der Waals surface area contributed by atoms with Crippen LogP contribution in [0.1, 0.15) is 12.8 Å². The molecule has 1 aliphatic heterocycles. The van der Waals surface area contributed by atoms with E-state index in [4.69, 9.17) is 0 Å². The molecule has 1 fully saturated rings. The third-order valence-corrected chi connectivity index (χ3v) is 5.25. The predicted octanol–water partition coefficient (Wildman–Crippen LogP) is 3.24. The number of carbonyl (C=O) groups excluding carboxylic acids is 1. The van der Waals surface area contributed by atoms with Crippen LogP contribution in [0.4, 0.5) is 11.4 Å². The fraction of sp³-hybridized carbons (Fsp3) is 0.188. The van der Waals surface area contributed by atoms with Crippen LogP contribution in [0.3, 0.4) is 0 Å². The zero-order valence-corrected chi connectivity index (χ0v) is 11.6. The van der Waals surface area contributed by atoms with Crippen molar-refractivity contribution < 1.29 is 9.00 Å². The predicted molar refractivity (Wildman–Crippen MR) is 77.4 cm³/mol. The first kappa shape index (κ1) is 11.9. The fourth-order valence-corrected chi connectivity index (χ4v) is 3.94. The Balaban J connectivity index is 1.96. The largest absolute Gasteiger partial charge is 0.278 e. The van der Waals surface area contributed by atoms with Gasteiger partial charge in [0.25, 0.3) is 0 Å². The van der Waals surface area contributed by atoms with Gasteiger partial charge in [0, 0.05) is 5.92 Å². The summed E-state index contributed by atoms with van der Waals surface area (Å²) in [6.07, 6.45) is 1.92. The Labute approximate surface area is 119 Å². The molecule has 0 radical (unpaired) electrons. The SMILES string of the molecule is O=C(C1CC1)N1c2ccccc2S(=O)c2ccccc21. The summed E-state index contributed by atoms with van der Waals surface area (Å²) in [5.41, 5.74) is 1.53. The molecule has 3 nitrogen and oxygen atoms in total. The van der Waals surface area contributed by atoms with Gasteiger partial charge in [-0.3, -0.25) is 9.69 Å². The van der Waals surface area contributed by atoms with Crippen LogP contribution >= 0.6 is 0 Å². The van der Waals surface area contributed by atoms with Crippen LogP contribution in [0.25, 0.3) is 0 Å². The number of fused-ring (bicyclic) bond motifs is 2. The molecule has 0 N–H and O–H groups in total. The molecule has 1 aliphatic carbocycles. The Hall–Kier alpha value is -1.94. The maximum Gasteiger partial charge on any atom is 0.234 e.